The second-order valence-corrected chi connectivity index (χ2v) is 8.96. The van der Waals surface area contributed by atoms with Crippen LogP contribution in [0, 0.1) is 0 Å². The molecule has 2 aliphatic heterocycles. The van der Waals surface area contributed by atoms with Crippen molar-refractivity contribution in [2.24, 2.45) is 0 Å². The molecule has 0 aliphatic carbocycles. The first-order chi connectivity index (χ1) is 15.0. The summed E-state index contributed by atoms with van der Waals surface area (Å²) in [5, 5.41) is 0.435. The van der Waals surface area contributed by atoms with Gasteiger partial charge in [0.2, 0.25) is 6.23 Å². The van der Waals surface area contributed by atoms with E-state index in [1.807, 2.05) is 7.05 Å². The second-order valence-electron chi connectivity index (χ2n) is 7.06. The number of carbonyl (C=O) groups is 2. The normalized spacial score (nSPS) is 18.6. The molecule has 12 nitrogen and oxygen atoms in total. The molecule has 2 aliphatic rings. The first kappa shape index (κ1) is 23.8. The van der Waals surface area contributed by atoms with Crippen LogP contribution in [0.2, 0.25) is 5.02 Å². The highest BCUT2D eigenvalue weighted by atomic mass is 35.5. The first-order valence-electron chi connectivity index (χ1n) is 9.37. The molecule has 14 heteroatoms. The molecule has 172 valence electrons. The van der Waals surface area contributed by atoms with E-state index in [0.29, 0.717) is 35.9 Å². The lowest BCUT2D eigenvalue weighted by atomic mass is 10.3. The van der Waals surface area contributed by atoms with Crippen LogP contribution in [-0.2, 0) is 14.9 Å². The minimum absolute atomic E-state index is 0.144. The van der Waals surface area contributed by atoms with Gasteiger partial charge in [0, 0.05) is 44.8 Å². The Bertz CT molecular complexity index is 1080. The lowest BCUT2D eigenvalue weighted by Gasteiger charge is -2.33. The van der Waals surface area contributed by atoms with Gasteiger partial charge >= 0.3 is 6.09 Å². The molecule has 2 amide bonds. The Morgan fingerprint density at radius 3 is 2.38 bits per heavy atom. The van der Waals surface area contributed by atoms with Gasteiger partial charge in [0.1, 0.15) is 11.5 Å². The van der Waals surface area contributed by atoms with Gasteiger partial charge in [0.05, 0.1) is 11.3 Å². The Kier molecular flexibility index (Phi) is 7.23. The maximum Gasteiger partial charge on any atom is 0.412 e. The Hall–Kier alpha value is -2.87. The summed E-state index contributed by atoms with van der Waals surface area (Å²) >= 11 is 5.89. The van der Waals surface area contributed by atoms with E-state index in [1.165, 1.54) is 23.5 Å². The Morgan fingerprint density at radius 1 is 1.16 bits per heavy atom. The molecule has 0 aromatic carbocycles. The van der Waals surface area contributed by atoms with Gasteiger partial charge in [-0.3, -0.25) is 14.3 Å². The van der Waals surface area contributed by atoms with Crippen molar-refractivity contribution in [3.63, 3.8) is 0 Å². The van der Waals surface area contributed by atoms with Gasteiger partial charge in [0.15, 0.2) is 5.69 Å². The standard InChI is InChI=1S/C17H17ClN6O3.CH4O3S/c1-22-6-8-23(9-7-22)17(26)27-16-14-13(19-4-5-20-14)15(25)24(16)12-3-2-11(18)10-21-12;1-5(2,3)4/h2-5,10,16H,6-9H2,1H3;1H3,(H,2,3,4). The number of anilines is 1. The zero-order valence-electron chi connectivity index (χ0n) is 17.3. The van der Waals surface area contributed by atoms with Gasteiger partial charge in [-0.15, -0.1) is 0 Å². The number of amides is 2. The number of pyridine rings is 1. The van der Waals surface area contributed by atoms with E-state index < -0.39 is 28.3 Å². The quantitative estimate of drug-likeness (QED) is 0.614. The molecule has 0 spiro atoms. The zero-order chi connectivity index (χ0) is 23.5. The summed E-state index contributed by atoms with van der Waals surface area (Å²) in [7, 11) is -1.67. The summed E-state index contributed by atoms with van der Waals surface area (Å²) in [6.07, 6.45) is 3.50. The van der Waals surface area contributed by atoms with Gasteiger partial charge in [-0.2, -0.15) is 8.42 Å². The average Bonchev–Trinajstić information content (AvgIpc) is 3.00. The Balaban J connectivity index is 0.000000523. The minimum Gasteiger partial charge on any atom is -0.419 e. The van der Waals surface area contributed by atoms with E-state index in [9.17, 15) is 18.0 Å². The molecule has 2 aromatic heterocycles. The average molecular weight is 485 g/mol. The van der Waals surface area contributed by atoms with Gasteiger partial charge in [-0.1, -0.05) is 11.6 Å². The minimum atomic E-state index is -3.67. The Morgan fingerprint density at radius 2 is 1.78 bits per heavy atom. The van der Waals surface area contributed by atoms with Crippen LogP contribution < -0.4 is 4.90 Å². The predicted molar refractivity (Wildman–Crippen MR) is 114 cm³/mol. The van der Waals surface area contributed by atoms with Crippen molar-refractivity contribution in [1.82, 2.24) is 24.8 Å². The third kappa shape index (κ3) is 5.88. The fraction of sp³-hybridized carbons (Fsp3) is 0.389. The number of ether oxygens (including phenoxy) is 1. The lowest BCUT2D eigenvalue weighted by Crippen LogP contribution is -2.48. The van der Waals surface area contributed by atoms with E-state index in [2.05, 4.69) is 19.9 Å². The summed E-state index contributed by atoms with van der Waals surface area (Å²) in [5.41, 5.74) is 0.437. The van der Waals surface area contributed by atoms with Gasteiger partial charge in [-0.25, -0.2) is 19.7 Å². The van der Waals surface area contributed by atoms with Gasteiger partial charge in [-0.05, 0) is 19.2 Å². The molecular weight excluding hydrogens is 464 g/mol. The van der Waals surface area contributed by atoms with Crippen LogP contribution in [0.5, 0.6) is 0 Å². The summed E-state index contributed by atoms with van der Waals surface area (Å²) in [6, 6.07) is 3.20. The third-order valence-corrected chi connectivity index (χ3v) is 4.77. The van der Waals surface area contributed by atoms with Crippen LogP contribution in [0.3, 0.4) is 0 Å². The van der Waals surface area contributed by atoms with Crippen molar-refractivity contribution in [2.45, 2.75) is 6.23 Å². The van der Waals surface area contributed by atoms with E-state index in [4.69, 9.17) is 20.9 Å². The summed E-state index contributed by atoms with van der Waals surface area (Å²) in [4.78, 5) is 43.0. The lowest BCUT2D eigenvalue weighted by molar-refractivity contribution is 0.0476. The smallest absolute Gasteiger partial charge is 0.412 e. The second kappa shape index (κ2) is 9.73. The number of piperazine rings is 1. The molecule has 1 fully saturated rings. The van der Waals surface area contributed by atoms with Crippen LogP contribution >= 0.6 is 11.6 Å². The zero-order valence-corrected chi connectivity index (χ0v) is 18.8. The van der Waals surface area contributed by atoms with Crippen molar-refractivity contribution in [2.75, 3.05) is 44.4 Å². The molecule has 0 bridgehead atoms. The number of halogens is 1. The van der Waals surface area contributed by atoms with E-state index in [0.717, 1.165) is 13.1 Å². The van der Waals surface area contributed by atoms with Crippen LogP contribution in [0.25, 0.3) is 0 Å². The monoisotopic (exact) mass is 484 g/mol. The molecule has 1 atom stereocenters. The third-order valence-electron chi connectivity index (χ3n) is 4.55. The number of carbonyl (C=O) groups excluding carboxylic acids is 2. The van der Waals surface area contributed by atoms with Crippen LogP contribution in [0.15, 0.2) is 30.7 Å². The SMILES string of the molecule is CN1CCN(C(=O)OC2c3nccnc3C(=O)N2c2ccc(Cl)cn2)CC1.CS(=O)(=O)O. The maximum absolute atomic E-state index is 12.8. The van der Waals surface area contributed by atoms with E-state index in [1.54, 1.807) is 17.0 Å². The molecule has 4 rings (SSSR count). The number of hydrogen-bond donors (Lipinski definition) is 1. The predicted octanol–water partition coefficient (Wildman–Crippen LogP) is 1.07. The largest absolute Gasteiger partial charge is 0.419 e. The molecule has 1 saturated heterocycles. The highest BCUT2D eigenvalue weighted by molar-refractivity contribution is 7.85. The molecule has 1 unspecified atom stereocenters. The van der Waals surface area contributed by atoms with Gasteiger partial charge < -0.3 is 14.5 Å². The summed E-state index contributed by atoms with van der Waals surface area (Å²) in [6.45, 7) is 2.64. The number of likely N-dealkylation sites (N-methyl/N-ethyl adjacent to an activating group) is 1. The van der Waals surface area contributed by atoms with E-state index in [-0.39, 0.29) is 5.69 Å². The maximum atomic E-state index is 12.8. The van der Waals surface area contributed by atoms with Crippen LogP contribution in [-0.4, -0.2) is 89.2 Å². The molecule has 4 heterocycles. The fourth-order valence-corrected chi connectivity index (χ4v) is 3.15. The topological polar surface area (TPSA) is 146 Å². The number of nitrogens with zero attached hydrogens (tertiary/aromatic N) is 6. The van der Waals surface area contributed by atoms with Crippen molar-refractivity contribution >= 4 is 39.5 Å². The molecule has 32 heavy (non-hydrogen) atoms. The van der Waals surface area contributed by atoms with Gasteiger partial charge in [0.25, 0.3) is 16.0 Å². The Labute approximate surface area is 189 Å². The number of hydrogen-bond acceptors (Lipinski definition) is 9. The van der Waals surface area contributed by atoms with Crippen molar-refractivity contribution in [3.05, 3.63) is 47.1 Å². The van der Waals surface area contributed by atoms with Crippen LogP contribution in [0.1, 0.15) is 22.4 Å². The van der Waals surface area contributed by atoms with Crippen molar-refractivity contribution in [3.8, 4) is 0 Å². The molecule has 0 saturated carbocycles. The highest BCUT2D eigenvalue weighted by Gasteiger charge is 2.44. The first-order valence-corrected chi connectivity index (χ1v) is 11.6. The summed E-state index contributed by atoms with van der Waals surface area (Å²) < 4.78 is 31.5. The molecule has 1 N–H and O–H groups in total. The highest BCUT2D eigenvalue weighted by Crippen LogP contribution is 2.35. The molecule has 0 radical (unpaired) electrons. The van der Waals surface area contributed by atoms with Crippen LogP contribution in [0.4, 0.5) is 10.6 Å². The number of rotatable bonds is 2. The van der Waals surface area contributed by atoms with Crippen molar-refractivity contribution in [1.29, 1.82) is 0 Å². The molecule has 2 aromatic rings. The molecular formula is C18H21ClN6O6S. The summed E-state index contributed by atoms with van der Waals surface area (Å²) in [5.74, 6) is -0.121. The van der Waals surface area contributed by atoms with Crippen molar-refractivity contribution < 1.29 is 27.3 Å². The van der Waals surface area contributed by atoms with E-state index >= 15 is 0 Å². The number of aromatic nitrogens is 3. The fourth-order valence-electron chi connectivity index (χ4n) is 3.04. The number of fused-ring (bicyclic) bond motifs is 1.